The molecule has 0 bridgehead atoms. The molecule has 0 saturated carbocycles. The molecule has 0 aromatic rings. The van der Waals surface area contributed by atoms with Gasteiger partial charge in [0, 0.05) is 19.3 Å². The SMILES string of the molecule is CC/C=C/C=C/C=C/CCCCCCCCCC(=O)OC(COCCC(C(=O)O)[N+](C)(C)C)COC(=O)CC/C=C/CCCCC. The molecule has 8 heteroatoms. The van der Waals surface area contributed by atoms with Crippen molar-refractivity contribution in [1.29, 1.82) is 0 Å². The van der Waals surface area contributed by atoms with Crippen LogP contribution >= 0.6 is 0 Å². The average molecular weight is 649 g/mol. The number of aliphatic carboxylic acids is 1. The fraction of sp³-hybridized carbons (Fsp3) is 0.711. The number of carboxylic acid groups (broad SMARTS) is 1. The summed E-state index contributed by atoms with van der Waals surface area (Å²) in [5.41, 5.74) is 0. The highest BCUT2D eigenvalue weighted by Gasteiger charge is 2.31. The lowest BCUT2D eigenvalue weighted by Gasteiger charge is -2.31. The molecular formula is C38H66NO7+. The molecule has 0 amide bonds. The number of ether oxygens (including phenoxy) is 3. The van der Waals surface area contributed by atoms with Gasteiger partial charge >= 0.3 is 17.9 Å². The maximum absolute atomic E-state index is 12.6. The van der Waals surface area contributed by atoms with E-state index in [0.717, 1.165) is 51.4 Å². The van der Waals surface area contributed by atoms with E-state index in [1.165, 1.54) is 32.1 Å². The molecule has 2 atom stereocenters. The summed E-state index contributed by atoms with van der Waals surface area (Å²) in [6.07, 6.45) is 31.8. The largest absolute Gasteiger partial charge is 0.477 e. The van der Waals surface area contributed by atoms with Crippen molar-refractivity contribution in [2.45, 2.75) is 135 Å². The van der Waals surface area contributed by atoms with Crippen molar-refractivity contribution < 1.29 is 38.2 Å². The number of carboxylic acids is 1. The van der Waals surface area contributed by atoms with Gasteiger partial charge < -0.3 is 23.8 Å². The predicted molar refractivity (Wildman–Crippen MR) is 188 cm³/mol. The third kappa shape index (κ3) is 27.6. The van der Waals surface area contributed by atoms with E-state index in [1.807, 2.05) is 27.2 Å². The molecule has 8 nitrogen and oxygen atoms in total. The van der Waals surface area contributed by atoms with Crippen molar-refractivity contribution in [2.24, 2.45) is 0 Å². The molecule has 0 aliphatic heterocycles. The first kappa shape index (κ1) is 43.3. The molecule has 0 aliphatic rings. The second-order valence-corrected chi connectivity index (χ2v) is 12.8. The number of rotatable bonds is 30. The van der Waals surface area contributed by atoms with Gasteiger partial charge in [0.05, 0.1) is 34.4 Å². The molecule has 2 unspecified atom stereocenters. The number of likely N-dealkylation sites (N-methyl/N-ethyl adjacent to an activating group) is 1. The van der Waals surface area contributed by atoms with E-state index in [2.05, 4.69) is 56.4 Å². The molecule has 1 N–H and O–H groups in total. The van der Waals surface area contributed by atoms with Gasteiger partial charge in [-0.1, -0.05) is 107 Å². The first-order valence-corrected chi connectivity index (χ1v) is 17.7. The van der Waals surface area contributed by atoms with Crippen LogP contribution in [-0.2, 0) is 28.6 Å². The van der Waals surface area contributed by atoms with Crippen LogP contribution < -0.4 is 0 Å². The number of hydrogen-bond acceptors (Lipinski definition) is 6. The lowest BCUT2D eigenvalue weighted by atomic mass is 10.1. The van der Waals surface area contributed by atoms with Gasteiger partial charge in [-0.25, -0.2) is 4.79 Å². The van der Waals surface area contributed by atoms with Crippen LogP contribution in [0.2, 0.25) is 0 Å². The number of unbranched alkanes of at least 4 members (excludes halogenated alkanes) is 10. The lowest BCUT2D eigenvalue weighted by molar-refractivity contribution is -0.887. The van der Waals surface area contributed by atoms with E-state index in [-0.39, 0.29) is 42.7 Å². The summed E-state index contributed by atoms with van der Waals surface area (Å²) in [4.78, 5) is 36.5. The Morgan fingerprint density at radius 1 is 0.674 bits per heavy atom. The summed E-state index contributed by atoms with van der Waals surface area (Å²) in [6, 6.07) is -0.619. The van der Waals surface area contributed by atoms with Crippen LogP contribution in [0.4, 0.5) is 0 Å². The Hall–Kier alpha value is -2.71. The number of carbonyl (C=O) groups excluding carboxylic acids is 2. The number of quaternary nitrogens is 1. The monoisotopic (exact) mass is 648 g/mol. The second-order valence-electron chi connectivity index (χ2n) is 12.8. The molecule has 0 spiro atoms. The maximum Gasteiger partial charge on any atom is 0.362 e. The Morgan fingerprint density at radius 3 is 1.93 bits per heavy atom. The van der Waals surface area contributed by atoms with Crippen molar-refractivity contribution in [2.75, 3.05) is 41.0 Å². The van der Waals surface area contributed by atoms with Crippen molar-refractivity contribution in [1.82, 2.24) is 0 Å². The Balaban J connectivity index is 4.47. The molecule has 0 aliphatic carbocycles. The number of esters is 2. The van der Waals surface area contributed by atoms with Gasteiger partial charge in [0.1, 0.15) is 6.61 Å². The van der Waals surface area contributed by atoms with Gasteiger partial charge in [0.15, 0.2) is 12.1 Å². The van der Waals surface area contributed by atoms with Gasteiger partial charge in [-0.15, -0.1) is 0 Å². The van der Waals surface area contributed by atoms with Gasteiger partial charge in [-0.05, 0) is 44.9 Å². The van der Waals surface area contributed by atoms with Crippen molar-refractivity contribution in [3.05, 3.63) is 48.6 Å². The van der Waals surface area contributed by atoms with Crippen LogP contribution in [0.15, 0.2) is 48.6 Å². The third-order valence-corrected chi connectivity index (χ3v) is 7.54. The normalized spacial score (nSPS) is 13.7. The summed E-state index contributed by atoms with van der Waals surface area (Å²) in [5, 5.41) is 9.55. The standard InChI is InChI=1S/C38H65NO7/c1-6-8-10-12-14-15-16-17-18-19-20-21-23-25-27-29-37(41)46-34(32-44-31-30-35(38(42)43)39(3,4)5)33-45-36(40)28-26-24-22-13-11-9-7-2/h8,10,12,14-16,22,24,34-35H,6-7,9,11,13,17-21,23,25-33H2,1-5H3/p+1/b10-8+,14-12+,16-15+,24-22+. The number of nitrogens with zero attached hydrogens (tertiary/aromatic N) is 1. The van der Waals surface area contributed by atoms with E-state index >= 15 is 0 Å². The number of carbonyl (C=O) groups is 3. The molecule has 0 aromatic carbocycles. The Kier molecular flexibility index (Phi) is 27.9. The Labute approximate surface area is 280 Å². The summed E-state index contributed by atoms with van der Waals surface area (Å²) >= 11 is 0. The van der Waals surface area contributed by atoms with Gasteiger partial charge in [0.2, 0.25) is 0 Å². The van der Waals surface area contributed by atoms with Crippen LogP contribution in [-0.4, -0.2) is 80.6 Å². The molecule has 0 radical (unpaired) electrons. The fourth-order valence-electron chi connectivity index (χ4n) is 4.75. The minimum atomic E-state index is -0.885. The predicted octanol–water partition coefficient (Wildman–Crippen LogP) is 8.51. The van der Waals surface area contributed by atoms with Gasteiger partial charge in [-0.3, -0.25) is 9.59 Å². The van der Waals surface area contributed by atoms with Gasteiger partial charge in [-0.2, -0.15) is 0 Å². The highest BCUT2D eigenvalue weighted by atomic mass is 16.6. The van der Waals surface area contributed by atoms with Crippen LogP contribution in [0, 0.1) is 0 Å². The average Bonchev–Trinajstić information content (AvgIpc) is 3.00. The number of hydrogen-bond donors (Lipinski definition) is 1. The summed E-state index contributed by atoms with van der Waals surface area (Å²) in [5.74, 6) is -1.56. The number of allylic oxidation sites excluding steroid dienone is 8. The highest BCUT2D eigenvalue weighted by Crippen LogP contribution is 2.12. The molecule has 0 heterocycles. The highest BCUT2D eigenvalue weighted by molar-refractivity contribution is 5.72. The Morgan fingerprint density at radius 2 is 1.28 bits per heavy atom. The molecule has 0 rings (SSSR count). The van der Waals surface area contributed by atoms with Crippen LogP contribution in [0.25, 0.3) is 0 Å². The molecule has 0 fully saturated rings. The zero-order valence-electron chi connectivity index (χ0n) is 29.8. The Bertz CT molecular complexity index is 901. The summed E-state index contributed by atoms with van der Waals surface area (Å²) in [7, 11) is 5.49. The van der Waals surface area contributed by atoms with Crippen LogP contribution in [0.5, 0.6) is 0 Å². The first-order chi connectivity index (χ1) is 22.1. The molecule has 0 aromatic heterocycles. The third-order valence-electron chi connectivity index (χ3n) is 7.54. The summed E-state index contributed by atoms with van der Waals surface area (Å²) < 4.78 is 17.0. The van der Waals surface area contributed by atoms with Crippen molar-refractivity contribution in [3.8, 4) is 0 Å². The van der Waals surface area contributed by atoms with E-state index in [4.69, 9.17) is 14.2 Å². The van der Waals surface area contributed by atoms with Crippen molar-refractivity contribution in [3.63, 3.8) is 0 Å². The fourth-order valence-corrected chi connectivity index (χ4v) is 4.75. The summed E-state index contributed by atoms with van der Waals surface area (Å²) in [6.45, 7) is 4.45. The maximum atomic E-state index is 12.6. The zero-order chi connectivity index (χ0) is 34.3. The minimum Gasteiger partial charge on any atom is -0.477 e. The van der Waals surface area contributed by atoms with Crippen LogP contribution in [0.1, 0.15) is 123 Å². The molecular weight excluding hydrogens is 582 g/mol. The molecule has 264 valence electrons. The topological polar surface area (TPSA) is 99.1 Å². The minimum absolute atomic E-state index is 0.0429. The van der Waals surface area contributed by atoms with Gasteiger partial charge in [0.25, 0.3) is 0 Å². The molecule has 0 saturated heterocycles. The van der Waals surface area contributed by atoms with E-state index in [9.17, 15) is 19.5 Å². The lowest BCUT2D eigenvalue weighted by Crippen LogP contribution is -2.50. The van der Waals surface area contributed by atoms with E-state index in [1.54, 1.807) is 0 Å². The van der Waals surface area contributed by atoms with Crippen molar-refractivity contribution >= 4 is 17.9 Å². The van der Waals surface area contributed by atoms with E-state index < -0.39 is 18.1 Å². The zero-order valence-corrected chi connectivity index (χ0v) is 29.8. The van der Waals surface area contributed by atoms with Crippen LogP contribution in [0.3, 0.4) is 0 Å². The van der Waals surface area contributed by atoms with E-state index in [0.29, 0.717) is 19.3 Å². The quantitative estimate of drug-likeness (QED) is 0.0274. The molecule has 46 heavy (non-hydrogen) atoms. The first-order valence-electron chi connectivity index (χ1n) is 17.7. The smallest absolute Gasteiger partial charge is 0.362 e. The second kappa shape index (κ2) is 29.7.